The summed E-state index contributed by atoms with van der Waals surface area (Å²) in [4.78, 5) is 0. The van der Waals surface area contributed by atoms with E-state index in [1.54, 1.807) is 0 Å². The summed E-state index contributed by atoms with van der Waals surface area (Å²) in [5, 5.41) is 3.04. The summed E-state index contributed by atoms with van der Waals surface area (Å²) < 4.78 is 34.1. The van der Waals surface area contributed by atoms with Crippen LogP contribution in [-0.2, 0) is 4.74 Å². The van der Waals surface area contributed by atoms with Crippen molar-refractivity contribution in [3.8, 4) is 0 Å². The van der Waals surface area contributed by atoms with E-state index in [4.69, 9.17) is 4.74 Å². The Morgan fingerprint density at radius 2 is 1.85 bits per heavy atom. The lowest BCUT2D eigenvalue weighted by atomic mass is 9.89. The summed E-state index contributed by atoms with van der Waals surface area (Å²) in [6.45, 7) is 0.664. The number of nitrogens with one attached hydrogen (secondary N) is 1. The van der Waals surface area contributed by atoms with Gasteiger partial charge in [-0.3, -0.25) is 0 Å². The van der Waals surface area contributed by atoms with Crippen LogP contribution in [-0.4, -0.2) is 18.2 Å². The molecular formula is C15H18BrF2NO. The minimum absolute atomic E-state index is 0.0201. The third kappa shape index (κ3) is 2.84. The van der Waals surface area contributed by atoms with Gasteiger partial charge in [0.15, 0.2) is 0 Å². The van der Waals surface area contributed by atoms with E-state index in [0.29, 0.717) is 11.1 Å². The van der Waals surface area contributed by atoms with Gasteiger partial charge in [0.25, 0.3) is 0 Å². The van der Waals surface area contributed by atoms with Gasteiger partial charge in [-0.05, 0) is 37.8 Å². The zero-order valence-corrected chi connectivity index (χ0v) is 12.8. The molecule has 1 aromatic carbocycles. The first-order valence-electron chi connectivity index (χ1n) is 7.13. The average molecular weight is 346 g/mol. The molecule has 1 heterocycles. The van der Waals surface area contributed by atoms with Crippen molar-refractivity contribution in [1.29, 1.82) is 0 Å². The van der Waals surface area contributed by atoms with E-state index < -0.39 is 11.6 Å². The van der Waals surface area contributed by atoms with Crippen LogP contribution in [0.3, 0.4) is 0 Å². The lowest BCUT2D eigenvalue weighted by molar-refractivity contribution is -0.0767. The highest BCUT2D eigenvalue weighted by atomic mass is 79.9. The second kappa shape index (κ2) is 5.60. The second-order valence-corrected chi connectivity index (χ2v) is 6.73. The van der Waals surface area contributed by atoms with E-state index in [1.807, 2.05) is 0 Å². The molecule has 3 rings (SSSR count). The summed E-state index contributed by atoms with van der Waals surface area (Å²) in [6.07, 6.45) is 6.13. The summed E-state index contributed by atoms with van der Waals surface area (Å²) in [5.41, 5.74) is -0.0775. The molecule has 1 spiro atoms. The third-order valence-electron chi connectivity index (χ3n) is 4.36. The zero-order chi connectivity index (χ0) is 14.2. The van der Waals surface area contributed by atoms with E-state index in [0.717, 1.165) is 25.7 Å². The molecule has 0 aromatic heterocycles. The van der Waals surface area contributed by atoms with Gasteiger partial charge in [-0.15, -0.1) is 0 Å². The van der Waals surface area contributed by atoms with Gasteiger partial charge in [0.1, 0.15) is 17.3 Å². The van der Waals surface area contributed by atoms with Gasteiger partial charge in [0, 0.05) is 17.1 Å². The summed E-state index contributed by atoms with van der Waals surface area (Å²) in [6, 6.07) is 2.65. The average Bonchev–Trinajstić information content (AvgIpc) is 2.82. The molecule has 5 heteroatoms. The van der Waals surface area contributed by atoms with E-state index in [2.05, 4.69) is 21.2 Å². The maximum absolute atomic E-state index is 13.9. The predicted octanol–water partition coefficient (Wildman–Crippen LogP) is 4.63. The van der Waals surface area contributed by atoms with Crippen molar-refractivity contribution in [1.82, 2.24) is 0 Å². The topological polar surface area (TPSA) is 21.3 Å². The molecule has 0 bridgehead atoms. The van der Waals surface area contributed by atoms with Gasteiger partial charge in [0.2, 0.25) is 0 Å². The minimum atomic E-state index is -0.552. The molecule has 1 saturated heterocycles. The predicted molar refractivity (Wildman–Crippen MR) is 77.9 cm³/mol. The highest BCUT2D eigenvalue weighted by Crippen LogP contribution is 2.41. The minimum Gasteiger partial charge on any atom is -0.377 e. The van der Waals surface area contributed by atoms with Crippen molar-refractivity contribution in [2.45, 2.75) is 50.2 Å². The molecular weight excluding hydrogens is 328 g/mol. The molecule has 1 N–H and O–H groups in total. The number of halogens is 3. The number of anilines is 1. The van der Waals surface area contributed by atoms with Crippen molar-refractivity contribution >= 4 is 21.6 Å². The molecule has 2 aliphatic rings. The maximum Gasteiger partial charge on any atom is 0.150 e. The third-order valence-corrected chi connectivity index (χ3v) is 4.82. The summed E-state index contributed by atoms with van der Waals surface area (Å²) in [5.74, 6) is -1.10. The van der Waals surface area contributed by atoms with Gasteiger partial charge in [-0.25, -0.2) is 8.78 Å². The van der Waals surface area contributed by atoms with Gasteiger partial charge < -0.3 is 10.1 Å². The lowest BCUT2D eigenvalue weighted by Crippen LogP contribution is -2.42. The van der Waals surface area contributed by atoms with Gasteiger partial charge in [0.05, 0.1) is 5.60 Å². The molecule has 20 heavy (non-hydrogen) atoms. The zero-order valence-electron chi connectivity index (χ0n) is 11.2. The monoisotopic (exact) mass is 345 g/mol. The van der Waals surface area contributed by atoms with Crippen molar-refractivity contribution < 1.29 is 13.5 Å². The van der Waals surface area contributed by atoms with Crippen LogP contribution >= 0.6 is 15.9 Å². The second-order valence-electron chi connectivity index (χ2n) is 5.82. The van der Waals surface area contributed by atoms with E-state index in [9.17, 15) is 8.78 Å². The molecule has 1 saturated carbocycles. The van der Waals surface area contributed by atoms with E-state index >= 15 is 0 Å². The fourth-order valence-corrected chi connectivity index (χ4v) is 3.80. The van der Waals surface area contributed by atoms with Crippen LogP contribution in [0.1, 0.15) is 38.5 Å². The van der Waals surface area contributed by atoms with Gasteiger partial charge in [-0.2, -0.15) is 0 Å². The Hall–Kier alpha value is -0.680. The van der Waals surface area contributed by atoms with Crippen LogP contribution < -0.4 is 5.32 Å². The number of hydrogen-bond acceptors (Lipinski definition) is 2. The molecule has 0 amide bonds. The Kier molecular flexibility index (Phi) is 4.00. The van der Waals surface area contributed by atoms with Crippen LogP contribution in [0.15, 0.2) is 16.6 Å². The molecule has 2 nitrogen and oxygen atoms in total. The number of benzene rings is 1. The van der Waals surface area contributed by atoms with E-state index in [-0.39, 0.29) is 17.3 Å². The van der Waals surface area contributed by atoms with Gasteiger partial charge in [-0.1, -0.05) is 28.8 Å². The summed E-state index contributed by atoms with van der Waals surface area (Å²) >= 11 is 3.09. The van der Waals surface area contributed by atoms with Crippen molar-refractivity contribution in [3.05, 3.63) is 28.2 Å². The number of rotatable bonds is 2. The SMILES string of the molecule is Fc1cc(Br)cc(F)c1NC1CCOC2(CCCC2)C1. The molecule has 1 aliphatic carbocycles. The van der Waals surface area contributed by atoms with Crippen LogP contribution in [0.5, 0.6) is 0 Å². The van der Waals surface area contributed by atoms with Crippen LogP contribution in [0, 0.1) is 11.6 Å². The normalized spacial score (nSPS) is 25.1. The quantitative estimate of drug-likeness (QED) is 0.843. The highest BCUT2D eigenvalue weighted by Gasteiger charge is 2.40. The molecule has 1 unspecified atom stereocenters. The molecule has 2 fully saturated rings. The van der Waals surface area contributed by atoms with Crippen molar-refractivity contribution in [2.75, 3.05) is 11.9 Å². The van der Waals surface area contributed by atoms with Crippen molar-refractivity contribution in [2.24, 2.45) is 0 Å². The molecule has 0 radical (unpaired) electrons. The number of ether oxygens (including phenoxy) is 1. The maximum atomic E-state index is 13.9. The van der Waals surface area contributed by atoms with Gasteiger partial charge >= 0.3 is 0 Å². The Labute approximate surface area is 126 Å². The van der Waals surface area contributed by atoms with Crippen molar-refractivity contribution in [3.63, 3.8) is 0 Å². The largest absolute Gasteiger partial charge is 0.377 e. The van der Waals surface area contributed by atoms with E-state index in [1.165, 1.54) is 25.0 Å². The Balaban J connectivity index is 1.74. The smallest absolute Gasteiger partial charge is 0.150 e. The van der Waals surface area contributed by atoms with Crippen LogP contribution in [0.25, 0.3) is 0 Å². The first-order chi connectivity index (χ1) is 9.58. The highest BCUT2D eigenvalue weighted by molar-refractivity contribution is 9.10. The first-order valence-corrected chi connectivity index (χ1v) is 7.92. The Morgan fingerprint density at radius 3 is 2.50 bits per heavy atom. The number of hydrogen-bond donors (Lipinski definition) is 1. The standard InChI is InChI=1S/C15H18BrF2NO/c16-10-7-12(17)14(13(18)8-10)19-11-3-6-20-15(9-11)4-1-2-5-15/h7-8,11,19H,1-6,9H2. The fourth-order valence-electron chi connectivity index (χ4n) is 3.40. The van der Waals surface area contributed by atoms with Crippen LogP contribution in [0.4, 0.5) is 14.5 Å². The Bertz CT molecular complexity index is 480. The fraction of sp³-hybridized carbons (Fsp3) is 0.600. The lowest BCUT2D eigenvalue weighted by Gasteiger charge is -2.39. The molecule has 1 atom stereocenters. The molecule has 1 aliphatic heterocycles. The van der Waals surface area contributed by atoms with Crippen LogP contribution in [0.2, 0.25) is 0 Å². The summed E-state index contributed by atoms with van der Waals surface area (Å²) in [7, 11) is 0. The first kappa shape index (κ1) is 14.3. The molecule has 110 valence electrons. The molecule has 1 aromatic rings. The Morgan fingerprint density at radius 1 is 1.20 bits per heavy atom.